The third kappa shape index (κ3) is 4.43. The summed E-state index contributed by atoms with van der Waals surface area (Å²) >= 11 is 0. The molecule has 1 atom stereocenters. The number of rotatable bonds is 6. The van der Waals surface area contributed by atoms with Crippen molar-refractivity contribution >= 4 is 5.91 Å². The van der Waals surface area contributed by atoms with Gasteiger partial charge in [-0.1, -0.05) is 6.07 Å². The van der Waals surface area contributed by atoms with Crippen LogP contribution in [0.4, 0.5) is 4.39 Å². The van der Waals surface area contributed by atoms with Gasteiger partial charge in [0.15, 0.2) is 0 Å². The van der Waals surface area contributed by atoms with Gasteiger partial charge in [0.05, 0.1) is 6.61 Å². The molecule has 0 aliphatic carbocycles. The smallest absolute Gasteiger partial charge is 0.251 e. The molecule has 0 fully saturated rings. The minimum absolute atomic E-state index is 0.107. The number of benzene rings is 1. The van der Waals surface area contributed by atoms with Gasteiger partial charge >= 0.3 is 0 Å². The number of ether oxygens (including phenoxy) is 1. The summed E-state index contributed by atoms with van der Waals surface area (Å²) in [6.07, 6.45) is 0.619. The molecule has 1 rings (SSSR count). The van der Waals surface area contributed by atoms with Gasteiger partial charge in [-0.25, -0.2) is 4.39 Å². The van der Waals surface area contributed by atoms with Gasteiger partial charge in [-0.05, 0) is 31.0 Å². The molecule has 1 unspecified atom stereocenters. The fourth-order valence-electron chi connectivity index (χ4n) is 1.60. The summed E-state index contributed by atoms with van der Waals surface area (Å²) in [5, 5.41) is 2.72. The van der Waals surface area contributed by atoms with Gasteiger partial charge in [-0.2, -0.15) is 0 Å². The van der Waals surface area contributed by atoms with Crippen LogP contribution in [-0.4, -0.2) is 32.2 Å². The van der Waals surface area contributed by atoms with E-state index in [0.717, 1.165) is 5.56 Å². The highest BCUT2D eigenvalue weighted by Gasteiger charge is 2.10. The average molecular weight is 254 g/mol. The van der Waals surface area contributed by atoms with E-state index in [9.17, 15) is 9.18 Å². The summed E-state index contributed by atoms with van der Waals surface area (Å²) in [5.74, 6) is -0.696. The second kappa shape index (κ2) is 7.08. The van der Waals surface area contributed by atoms with E-state index in [-0.39, 0.29) is 11.9 Å². The molecule has 0 aromatic heterocycles. The van der Waals surface area contributed by atoms with E-state index in [4.69, 9.17) is 10.5 Å². The average Bonchev–Trinajstić information content (AvgIpc) is 2.32. The van der Waals surface area contributed by atoms with E-state index in [1.165, 1.54) is 12.1 Å². The molecule has 0 spiro atoms. The highest BCUT2D eigenvalue weighted by Crippen LogP contribution is 2.09. The second-order valence-corrected chi connectivity index (χ2v) is 4.22. The lowest BCUT2D eigenvalue weighted by Gasteiger charge is -2.11. The van der Waals surface area contributed by atoms with Gasteiger partial charge in [0.25, 0.3) is 5.91 Å². The lowest BCUT2D eigenvalue weighted by atomic mass is 10.1. The number of nitrogens with one attached hydrogen (secondary N) is 1. The summed E-state index contributed by atoms with van der Waals surface area (Å²) in [4.78, 5) is 11.8. The maximum absolute atomic E-state index is 13.0. The van der Waals surface area contributed by atoms with Crippen LogP contribution in [0.25, 0.3) is 0 Å². The van der Waals surface area contributed by atoms with Crippen LogP contribution in [0, 0.1) is 12.7 Å². The highest BCUT2D eigenvalue weighted by atomic mass is 19.1. The number of carbonyl (C=O) groups is 1. The number of halogens is 1. The largest absolute Gasteiger partial charge is 0.383 e. The Morgan fingerprint density at radius 1 is 1.56 bits per heavy atom. The molecule has 3 N–H and O–H groups in total. The Bertz CT molecular complexity index is 410. The fourth-order valence-corrected chi connectivity index (χ4v) is 1.60. The molecular formula is C13H19FN2O2. The van der Waals surface area contributed by atoms with Crippen molar-refractivity contribution in [1.29, 1.82) is 0 Å². The predicted molar refractivity (Wildman–Crippen MR) is 67.9 cm³/mol. The topological polar surface area (TPSA) is 64.3 Å². The molecular weight excluding hydrogens is 235 g/mol. The molecule has 0 bridgehead atoms. The molecule has 0 aliphatic rings. The first-order chi connectivity index (χ1) is 8.54. The van der Waals surface area contributed by atoms with Crippen LogP contribution in [0.3, 0.4) is 0 Å². The molecule has 100 valence electrons. The summed E-state index contributed by atoms with van der Waals surface area (Å²) in [6, 6.07) is 4.05. The normalized spacial score (nSPS) is 12.2. The zero-order chi connectivity index (χ0) is 13.5. The Morgan fingerprint density at radius 2 is 2.28 bits per heavy atom. The number of carbonyl (C=O) groups excluding carboxylic acids is 1. The van der Waals surface area contributed by atoms with E-state index in [1.807, 2.05) is 0 Å². The third-order valence-electron chi connectivity index (χ3n) is 2.63. The summed E-state index contributed by atoms with van der Waals surface area (Å²) in [5.41, 5.74) is 6.83. The first kappa shape index (κ1) is 14.6. The molecule has 1 amide bonds. The molecule has 4 nitrogen and oxygen atoms in total. The number of methoxy groups -OCH3 is 1. The van der Waals surface area contributed by atoms with Gasteiger partial charge in [0.1, 0.15) is 5.82 Å². The Hall–Kier alpha value is -1.46. The minimum Gasteiger partial charge on any atom is -0.383 e. The van der Waals surface area contributed by atoms with Crippen LogP contribution < -0.4 is 11.1 Å². The van der Waals surface area contributed by atoms with Crippen LogP contribution in [-0.2, 0) is 4.74 Å². The molecule has 0 radical (unpaired) electrons. The monoisotopic (exact) mass is 254 g/mol. The fraction of sp³-hybridized carbons (Fsp3) is 0.462. The zero-order valence-corrected chi connectivity index (χ0v) is 10.7. The van der Waals surface area contributed by atoms with E-state index in [2.05, 4.69) is 5.32 Å². The SMILES string of the molecule is COCC(N)CCNC(=O)c1cc(F)ccc1C. The van der Waals surface area contributed by atoms with Gasteiger partial charge in [0, 0.05) is 25.3 Å². The Labute approximate surface area is 106 Å². The number of nitrogens with two attached hydrogens (primary N) is 1. The van der Waals surface area contributed by atoms with Gasteiger partial charge in [-0.15, -0.1) is 0 Å². The first-order valence-electron chi connectivity index (χ1n) is 5.83. The van der Waals surface area contributed by atoms with E-state index < -0.39 is 5.82 Å². The van der Waals surface area contributed by atoms with Gasteiger partial charge in [-0.3, -0.25) is 4.79 Å². The number of amides is 1. The van der Waals surface area contributed by atoms with Crippen LogP contribution >= 0.6 is 0 Å². The molecule has 0 heterocycles. The molecule has 0 aliphatic heterocycles. The number of aryl methyl sites for hydroxylation is 1. The van der Waals surface area contributed by atoms with Crippen molar-refractivity contribution in [3.05, 3.63) is 35.1 Å². The second-order valence-electron chi connectivity index (χ2n) is 4.22. The molecule has 1 aromatic carbocycles. The third-order valence-corrected chi connectivity index (χ3v) is 2.63. The van der Waals surface area contributed by atoms with E-state index in [0.29, 0.717) is 25.1 Å². The first-order valence-corrected chi connectivity index (χ1v) is 5.83. The highest BCUT2D eigenvalue weighted by molar-refractivity contribution is 5.95. The van der Waals surface area contributed by atoms with Crippen LogP contribution in [0.2, 0.25) is 0 Å². The summed E-state index contributed by atoms with van der Waals surface area (Å²) in [6.45, 7) is 2.67. The Balaban J connectivity index is 2.48. The van der Waals surface area contributed by atoms with Crippen molar-refractivity contribution in [3.8, 4) is 0 Å². The summed E-state index contributed by atoms with van der Waals surface area (Å²) in [7, 11) is 1.58. The molecule has 0 saturated carbocycles. The van der Waals surface area contributed by atoms with Crippen molar-refractivity contribution in [2.75, 3.05) is 20.3 Å². The number of hydrogen-bond acceptors (Lipinski definition) is 3. The van der Waals surface area contributed by atoms with Crippen molar-refractivity contribution < 1.29 is 13.9 Å². The standard InChI is InChI=1S/C13H19FN2O2/c1-9-3-4-10(14)7-12(9)13(17)16-6-5-11(15)8-18-2/h3-4,7,11H,5-6,8,15H2,1-2H3,(H,16,17). The van der Waals surface area contributed by atoms with Gasteiger partial charge in [0.2, 0.25) is 0 Å². The molecule has 5 heteroatoms. The molecule has 18 heavy (non-hydrogen) atoms. The minimum atomic E-state index is -0.415. The zero-order valence-electron chi connectivity index (χ0n) is 10.7. The van der Waals surface area contributed by atoms with Crippen LogP contribution in [0.15, 0.2) is 18.2 Å². The van der Waals surface area contributed by atoms with Gasteiger partial charge < -0.3 is 15.8 Å². The van der Waals surface area contributed by atoms with Crippen molar-refractivity contribution in [1.82, 2.24) is 5.32 Å². The van der Waals surface area contributed by atoms with Crippen molar-refractivity contribution in [2.45, 2.75) is 19.4 Å². The molecule has 1 aromatic rings. The Kier molecular flexibility index (Phi) is 5.74. The van der Waals surface area contributed by atoms with E-state index >= 15 is 0 Å². The number of hydrogen-bond donors (Lipinski definition) is 2. The van der Waals surface area contributed by atoms with Crippen molar-refractivity contribution in [3.63, 3.8) is 0 Å². The van der Waals surface area contributed by atoms with E-state index in [1.54, 1.807) is 20.1 Å². The Morgan fingerprint density at radius 3 is 2.94 bits per heavy atom. The lowest BCUT2D eigenvalue weighted by molar-refractivity contribution is 0.0949. The maximum atomic E-state index is 13.0. The maximum Gasteiger partial charge on any atom is 0.251 e. The molecule has 0 saturated heterocycles. The van der Waals surface area contributed by atoms with Crippen molar-refractivity contribution in [2.24, 2.45) is 5.73 Å². The quantitative estimate of drug-likeness (QED) is 0.802. The predicted octanol–water partition coefficient (Wildman–Crippen LogP) is 1.23. The van der Waals surface area contributed by atoms with Crippen LogP contribution in [0.1, 0.15) is 22.3 Å². The summed E-state index contributed by atoms with van der Waals surface area (Å²) < 4.78 is 17.9. The lowest BCUT2D eigenvalue weighted by Crippen LogP contribution is -2.33. The van der Waals surface area contributed by atoms with Crippen LogP contribution in [0.5, 0.6) is 0 Å².